The summed E-state index contributed by atoms with van der Waals surface area (Å²) in [7, 11) is 0. The maximum Gasteiger partial charge on any atom is 0.370 e. The summed E-state index contributed by atoms with van der Waals surface area (Å²) in [6.07, 6.45) is 0.568. The largest absolute Gasteiger partial charge is 0.502 e. The number of carbonyl (C=O) groups is 1. The zero-order valence-electron chi connectivity index (χ0n) is 5.51. The van der Waals surface area contributed by atoms with Gasteiger partial charge in [0, 0.05) is 0 Å². The molecule has 3 heteroatoms. The molecule has 0 aliphatic carbocycles. The lowest BCUT2D eigenvalue weighted by molar-refractivity contribution is -0.135. The first-order chi connectivity index (χ1) is 4.09. The fourth-order valence-corrected chi connectivity index (χ4v) is 0.350. The summed E-state index contributed by atoms with van der Waals surface area (Å²) in [5.74, 6) is -1.79. The Morgan fingerprint density at radius 1 is 1.44 bits per heavy atom. The molecule has 0 saturated heterocycles. The van der Waals surface area contributed by atoms with Gasteiger partial charge in [-0.2, -0.15) is 0 Å². The molecule has 0 atom stereocenters. The summed E-state index contributed by atoms with van der Waals surface area (Å²) in [6, 6.07) is 0. The molecule has 3 nitrogen and oxygen atoms in total. The molecule has 0 heterocycles. The van der Waals surface area contributed by atoms with E-state index in [2.05, 4.69) is 0 Å². The second kappa shape index (κ2) is 3.12. The van der Waals surface area contributed by atoms with Gasteiger partial charge < -0.3 is 10.2 Å². The van der Waals surface area contributed by atoms with E-state index in [4.69, 9.17) is 10.2 Å². The molecular weight excluding hydrogens is 120 g/mol. The van der Waals surface area contributed by atoms with Crippen LogP contribution in [-0.4, -0.2) is 16.2 Å². The van der Waals surface area contributed by atoms with Gasteiger partial charge in [-0.3, -0.25) is 0 Å². The van der Waals surface area contributed by atoms with Crippen molar-refractivity contribution in [3.8, 4) is 0 Å². The average molecular weight is 130 g/mol. The summed E-state index contributed by atoms with van der Waals surface area (Å²) in [5.41, 5.74) is 0.502. The second-order valence-electron chi connectivity index (χ2n) is 1.79. The van der Waals surface area contributed by atoms with Gasteiger partial charge in [-0.25, -0.2) is 4.79 Å². The van der Waals surface area contributed by atoms with Gasteiger partial charge in [0.1, 0.15) is 0 Å². The highest BCUT2D eigenvalue weighted by atomic mass is 16.4. The van der Waals surface area contributed by atoms with Crippen molar-refractivity contribution in [3.63, 3.8) is 0 Å². The van der Waals surface area contributed by atoms with E-state index in [1.54, 1.807) is 13.8 Å². The molecule has 0 aromatic rings. The molecule has 9 heavy (non-hydrogen) atoms. The van der Waals surface area contributed by atoms with Crippen molar-refractivity contribution in [1.82, 2.24) is 0 Å². The number of hydrogen-bond acceptors (Lipinski definition) is 2. The van der Waals surface area contributed by atoms with Crippen LogP contribution in [0.25, 0.3) is 0 Å². The summed E-state index contributed by atoms with van der Waals surface area (Å²) in [5, 5.41) is 16.9. The Morgan fingerprint density at radius 3 is 2.00 bits per heavy atom. The Kier molecular flexibility index (Phi) is 2.78. The van der Waals surface area contributed by atoms with E-state index in [1.165, 1.54) is 0 Å². The van der Waals surface area contributed by atoms with Crippen LogP contribution < -0.4 is 0 Å². The highest BCUT2D eigenvalue weighted by Crippen LogP contribution is 2.03. The molecule has 0 radical (unpaired) electrons. The van der Waals surface area contributed by atoms with Crippen molar-refractivity contribution >= 4 is 5.97 Å². The van der Waals surface area contributed by atoms with Crippen LogP contribution in [0.2, 0.25) is 0 Å². The first-order valence-electron chi connectivity index (χ1n) is 2.71. The van der Waals surface area contributed by atoms with Crippen LogP contribution in [0.5, 0.6) is 0 Å². The lowest BCUT2D eigenvalue weighted by Gasteiger charge is -1.95. The summed E-state index contributed by atoms with van der Waals surface area (Å²) < 4.78 is 0. The number of hydrogen-bond donors (Lipinski definition) is 2. The van der Waals surface area contributed by atoms with Gasteiger partial charge in [0.2, 0.25) is 5.76 Å². The van der Waals surface area contributed by atoms with E-state index >= 15 is 0 Å². The summed E-state index contributed by atoms with van der Waals surface area (Å²) >= 11 is 0. The third-order valence-corrected chi connectivity index (χ3v) is 1.14. The third-order valence-electron chi connectivity index (χ3n) is 1.14. The molecule has 52 valence electrons. The molecule has 0 aliphatic rings. The highest BCUT2D eigenvalue weighted by Gasteiger charge is 2.05. The average Bonchev–Trinajstić information content (AvgIpc) is 1.84. The molecule has 0 amide bonds. The van der Waals surface area contributed by atoms with Crippen molar-refractivity contribution in [2.24, 2.45) is 0 Å². The van der Waals surface area contributed by atoms with E-state index in [0.717, 1.165) is 0 Å². The quantitative estimate of drug-likeness (QED) is 0.437. The first kappa shape index (κ1) is 8.01. The standard InChI is InChI=1S/C6H10O3/c1-3-4(2)5(7)6(8)9/h7H,3H2,1-2H3,(H,8,9). The third kappa shape index (κ3) is 2.17. The Bertz CT molecular complexity index is 146. The number of aliphatic carboxylic acids is 1. The van der Waals surface area contributed by atoms with Crippen molar-refractivity contribution in [3.05, 3.63) is 11.3 Å². The maximum atomic E-state index is 9.99. The van der Waals surface area contributed by atoms with Crippen molar-refractivity contribution in [2.75, 3.05) is 0 Å². The zero-order valence-corrected chi connectivity index (χ0v) is 5.51. The van der Waals surface area contributed by atoms with Gasteiger partial charge in [0.25, 0.3) is 0 Å². The van der Waals surface area contributed by atoms with Crippen LogP contribution in [0, 0.1) is 0 Å². The smallest absolute Gasteiger partial charge is 0.370 e. The van der Waals surface area contributed by atoms with Crippen molar-refractivity contribution in [1.29, 1.82) is 0 Å². The molecule has 0 aliphatic heterocycles. The predicted octanol–water partition coefficient (Wildman–Crippen LogP) is 1.31. The van der Waals surface area contributed by atoms with Crippen LogP contribution in [-0.2, 0) is 4.79 Å². The molecule has 0 aromatic carbocycles. The number of carboxylic acids is 1. The van der Waals surface area contributed by atoms with Gasteiger partial charge in [-0.15, -0.1) is 0 Å². The number of aliphatic hydroxyl groups excluding tert-OH is 1. The Labute approximate surface area is 53.6 Å². The van der Waals surface area contributed by atoms with Crippen LogP contribution in [0.1, 0.15) is 20.3 Å². The Hall–Kier alpha value is -0.990. The predicted molar refractivity (Wildman–Crippen MR) is 33.3 cm³/mol. The zero-order chi connectivity index (χ0) is 7.44. The van der Waals surface area contributed by atoms with Gasteiger partial charge in [0.05, 0.1) is 0 Å². The van der Waals surface area contributed by atoms with Crippen LogP contribution >= 0.6 is 0 Å². The van der Waals surface area contributed by atoms with Gasteiger partial charge in [0.15, 0.2) is 0 Å². The number of aliphatic hydroxyl groups is 1. The molecule has 0 aromatic heterocycles. The van der Waals surface area contributed by atoms with Crippen LogP contribution in [0.15, 0.2) is 11.3 Å². The number of carboxylic acid groups (broad SMARTS) is 1. The number of rotatable bonds is 2. The normalized spacial score (nSPS) is 12.7. The Balaban J connectivity index is 4.28. The minimum absolute atomic E-state index is 0.502. The lowest BCUT2D eigenvalue weighted by Crippen LogP contribution is -2.01. The molecule has 0 saturated carbocycles. The molecule has 0 unspecified atom stereocenters. The minimum atomic E-state index is -1.26. The van der Waals surface area contributed by atoms with E-state index in [9.17, 15) is 4.79 Å². The van der Waals surface area contributed by atoms with E-state index in [1.807, 2.05) is 0 Å². The number of allylic oxidation sites excluding steroid dienone is 1. The topological polar surface area (TPSA) is 57.5 Å². The van der Waals surface area contributed by atoms with Crippen molar-refractivity contribution in [2.45, 2.75) is 20.3 Å². The monoisotopic (exact) mass is 130 g/mol. The minimum Gasteiger partial charge on any atom is -0.502 e. The molecule has 0 rings (SSSR count). The van der Waals surface area contributed by atoms with Crippen LogP contribution in [0.3, 0.4) is 0 Å². The highest BCUT2D eigenvalue weighted by molar-refractivity contribution is 5.84. The molecular formula is C6H10O3. The van der Waals surface area contributed by atoms with E-state index < -0.39 is 11.7 Å². The molecule has 0 fully saturated rings. The second-order valence-corrected chi connectivity index (χ2v) is 1.79. The van der Waals surface area contributed by atoms with Gasteiger partial charge >= 0.3 is 5.97 Å². The van der Waals surface area contributed by atoms with Crippen LogP contribution in [0.4, 0.5) is 0 Å². The van der Waals surface area contributed by atoms with Gasteiger partial charge in [-0.05, 0) is 18.9 Å². The SMILES string of the molecule is CCC(C)=C(O)C(=O)O. The fourth-order valence-electron chi connectivity index (χ4n) is 0.350. The maximum absolute atomic E-state index is 9.99. The fraction of sp³-hybridized carbons (Fsp3) is 0.500. The summed E-state index contributed by atoms with van der Waals surface area (Å²) in [4.78, 5) is 9.99. The molecule has 0 bridgehead atoms. The van der Waals surface area contributed by atoms with Gasteiger partial charge in [-0.1, -0.05) is 6.92 Å². The lowest BCUT2D eigenvalue weighted by atomic mass is 10.2. The van der Waals surface area contributed by atoms with Crippen molar-refractivity contribution < 1.29 is 15.0 Å². The Morgan fingerprint density at radius 2 is 1.89 bits per heavy atom. The molecule has 0 spiro atoms. The first-order valence-corrected chi connectivity index (χ1v) is 2.71. The molecule has 2 N–H and O–H groups in total. The van der Waals surface area contributed by atoms with E-state index in [-0.39, 0.29) is 0 Å². The van der Waals surface area contributed by atoms with E-state index in [0.29, 0.717) is 12.0 Å². The summed E-state index contributed by atoms with van der Waals surface area (Å²) in [6.45, 7) is 3.37.